The fourth-order valence-corrected chi connectivity index (χ4v) is 8.11. The molecule has 0 radical (unpaired) electrons. The van der Waals surface area contributed by atoms with Gasteiger partial charge in [0.1, 0.15) is 5.75 Å². The molecule has 5 aliphatic rings. The Hall–Kier alpha value is -2.57. The van der Waals surface area contributed by atoms with Crippen molar-refractivity contribution >= 4 is 5.78 Å². The van der Waals surface area contributed by atoms with Crippen LogP contribution in [0.1, 0.15) is 55.2 Å². The van der Waals surface area contributed by atoms with Gasteiger partial charge in [0.2, 0.25) is 0 Å². The summed E-state index contributed by atoms with van der Waals surface area (Å²) in [6.07, 6.45) is 7.60. The minimum absolute atomic E-state index is 0.249. The second kappa shape index (κ2) is 9.32. The molecule has 37 heavy (non-hydrogen) atoms. The number of piperidine rings is 1. The molecule has 3 fully saturated rings. The lowest BCUT2D eigenvalue weighted by molar-refractivity contribution is -0.139. The highest BCUT2D eigenvalue weighted by molar-refractivity contribution is 5.89. The molecule has 196 valence electrons. The Morgan fingerprint density at radius 1 is 1.16 bits per heavy atom. The molecule has 0 aromatic heterocycles. The number of ether oxygens (including phenoxy) is 4. The van der Waals surface area contributed by atoms with E-state index in [1.54, 1.807) is 7.11 Å². The average Bonchev–Trinajstić information content (AvgIpc) is 3.56. The normalized spacial score (nSPS) is 31.6. The molecular weight excluding hydrogens is 466 g/mol. The highest BCUT2D eigenvalue weighted by Gasteiger charge is 2.66. The maximum atomic E-state index is 13.3. The van der Waals surface area contributed by atoms with E-state index in [9.17, 15) is 4.79 Å². The SMILES string of the molecule is COc1cc(OCCCc2ccccc2)c2c3c1O[C@H]1C(=O)CC[C@H]4[C@@H](C2)N(CC2CCCO2)CC[C@]314. The smallest absolute Gasteiger partial charge is 0.174 e. The highest BCUT2D eigenvalue weighted by Crippen LogP contribution is 2.64. The number of likely N-dealkylation sites (tertiary alicyclic amines) is 1. The number of methoxy groups -OCH3 is 1. The van der Waals surface area contributed by atoms with Crippen LogP contribution in [0.4, 0.5) is 0 Å². The molecule has 3 heterocycles. The summed E-state index contributed by atoms with van der Waals surface area (Å²) in [6, 6.07) is 13.0. The third kappa shape index (κ3) is 3.70. The summed E-state index contributed by atoms with van der Waals surface area (Å²) >= 11 is 0. The van der Waals surface area contributed by atoms with Gasteiger partial charge in [0, 0.05) is 48.2 Å². The standard InChI is InChI=1S/C31H37NO5/c1-34-27-18-26(36-16-5-9-20-7-3-2-4-8-20)22-17-24-23-11-12-25(33)30-31(23,28(22)29(27)37-30)13-14-32(24)19-21-10-6-15-35-21/h2-4,7-8,18,21,23-24,30H,5-6,9-17,19H2,1H3/t21?,23-,24+,30-,31-/m0/s1. The summed E-state index contributed by atoms with van der Waals surface area (Å²) in [4.78, 5) is 15.9. The van der Waals surface area contributed by atoms with Crippen molar-refractivity contribution < 1.29 is 23.7 Å². The van der Waals surface area contributed by atoms with Crippen molar-refractivity contribution in [1.29, 1.82) is 0 Å². The number of carbonyl (C=O) groups excluding carboxylic acids is 1. The predicted octanol–water partition coefficient (Wildman–Crippen LogP) is 4.49. The van der Waals surface area contributed by atoms with E-state index in [4.69, 9.17) is 18.9 Å². The number of nitrogens with zero attached hydrogens (tertiary/aromatic N) is 1. The maximum absolute atomic E-state index is 13.3. The Bertz CT molecular complexity index is 1180. The van der Waals surface area contributed by atoms with E-state index in [0.717, 1.165) is 76.1 Å². The third-order valence-electron chi connectivity index (χ3n) is 9.69. The number of carbonyl (C=O) groups is 1. The van der Waals surface area contributed by atoms with Crippen molar-refractivity contribution in [2.75, 3.05) is 33.4 Å². The Balaban J connectivity index is 1.23. The fourth-order valence-electron chi connectivity index (χ4n) is 8.11. The minimum atomic E-state index is -0.394. The summed E-state index contributed by atoms with van der Waals surface area (Å²) in [5.74, 6) is 3.07. The van der Waals surface area contributed by atoms with E-state index in [-0.39, 0.29) is 11.2 Å². The second-order valence-electron chi connectivity index (χ2n) is 11.5. The first kappa shape index (κ1) is 23.5. The summed E-state index contributed by atoms with van der Waals surface area (Å²) < 4.78 is 24.9. The lowest BCUT2D eigenvalue weighted by Crippen LogP contribution is -2.66. The van der Waals surface area contributed by atoms with E-state index >= 15 is 0 Å². The topological polar surface area (TPSA) is 57.2 Å². The monoisotopic (exact) mass is 503 g/mol. The van der Waals surface area contributed by atoms with Crippen LogP contribution < -0.4 is 14.2 Å². The molecule has 2 aromatic rings. The Labute approximate surface area is 219 Å². The zero-order valence-corrected chi connectivity index (χ0v) is 21.7. The van der Waals surface area contributed by atoms with Crippen molar-refractivity contribution in [1.82, 2.24) is 4.90 Å². The Kier molecular flexibility index (Phi) is 5.93. The fraction of sp³-hybridized carbons (Fsp3) is 0.581. The number of rotatable bonds is 8. The summed E-state index contributed by atoms with van der Waals surface area (Å²) in [6.45, 7) is 3.50. The molecule has 3 aliphatic heterocycles. The van der Waals surface area contributed by atoms with E-state index < -0.39 is 6.10 Å². The van der Waals surface area contributed by atoms with Gasteiger partial charge in [-0.2, -0.15) is 0 Å². The number of hydrogen-bond acceptors (Lipinski definition) is 6. The molecule has 2 bridgehead atoms. The summed E-state index contributed by atoms with van der Waals surface area (Å²) in [5, 5.41) is 0. The second-order valence-corrected chi connectivity index (χ2v) is 11.5. The first-order valence-electron chi connectivity index (χ1n) is 14.1. The van der Waals surface area contributed by atoms with Crippen LogP contribution in [0.15, 0.2) is 36.4 Å². The predicted molar refractivity (Wildman–Crippen MR) is 140 cm³/mol. The number of hydrogen-bond donors (Lipinski definition) is 0. The van der Waals surface area contributed by atoms with Gasteiger partial charge in [0.05, 0.1) is 19.8 Å². The molecule has 0 amide bonds. The molecule has 1 saturated carbocycles. The van der Waals surface area contributed by atoms with Crippen LogP contribution in [0, 0.1) is 5.92 Å². The molecule has 6 nitrogen and oxygen atoms in total. The molecule has 7 rings (SSSR count). The van der Waals surface area contributed by atoms with Crippen molar-refractivity contribution in [3.8, 4) is 17.2 Å². The molecule has 6 heteroatoms. The zero-order chi connectivity index (χ0) is 25.0. The van der Waals surface area contributed by atoms with Gasteiger partial charge in [-0.3, -0.25) is 9.69 Å². The number of Topliss-reactive ketones (excluding diaryl/α,β-unsaturated/α-hetero) is 1. The summed E-state index contributed by atoms with van der Waals surface area (Å²) in [5.41, 5.74) is 3.54. The van der Waals surface area contributed by atoms with E-state index in [1.807, 2.05) is 6.07 Å². The number of ketones is 1. The maximum Gasteiger partial charge on any atom is 0.174 e. The van der Waals surface area contributed by atoms with Gasteiger partial charge in [-0.05, 0) is 63.0 Å². The molecular formula is C31H37NO5. The quantitative estimate of drug-likeness (QED) is 0.495. The largest absolute Gasteiger partial charge is 0.493 e. The zero-order valence-electron chi connectivity index (χ0n) is 21.7. The molecule has 2 saturated heterocycles. The van der Waals surface area contributed by atoms with Crippen molar-refractivity contribution in [2.24, 2.45) is 5.92 Å². The first-order valence-corrected chi connectivity index (χ1v) is 14.1. The van der Waals surface area contributed by atoms with Crippen molar-refractivity contribution in [3.63, 3.8) is 0 Å². The molecule has 1 unspecified atom stereocenters. The van der Waals surface area contributed by atoms with Gasteiger partial charge >= 0.3 is 0 Å². The number of benzene rings is 2. The number of aryl methyl sites for hydroxylation is 1. The molecule has 0 N–H and O–H groups in total. The molecule has 1 spiro atoms. The van der Waals surface area contributed by atoms with Crippen molar-refractivity contribution in [3.05, 3.63) is 53.1 Å². The van der Waals surface area contributed by atoms with E-state index in [0.29, 0.717) is 36.8 Å². The van der Waals surface area contributed by atoms with Crippen LogP contribution in [0.5, 0.6) is 17.2 Å². The van der Waals surface area contributed by atoms with Gasteiger partial charge in [0.25, 0.3) is 0 Å². The third-order valence-corrected chi connectivity index (χ3v) is 9.69. The molecule has 5 atom stereocenters. The molecule has 2 aromatic carbocycles. The first-order chi connectivity index (χ1) is 18.2. The average molecular weight is 504 g/mol. The van der Waals surface area contributed by atoms with Crippen LogP contribution in [-0.4, -0.2) is 62.3 Å². The Morgan fingerprint density at radius 3 is 2.86 bits per heavy atom. The van der Waals surface area contributed by atoms with Crippen LogP contribution in [0.25, 0.3) is 0 Å². The molecule has 2 aliphatic carbocycles. The van der Waals surface area contributed by atoms with Gasteiger partial charge in [-0.25, -0.2) is 0 Å². The van der Waals surface area contributed by atoms with Gasteiger partial charge in [0.15, 0.2) is 23.4 Å². The van der Waals surface area contributed by atoms with Crippen LogP contribution in [0.3, 0.4) is 0 Å². The lowest BCUT2D eigenvalue weighted by Gasteiger charge is -2.58. The summed E-state index contributed by atoms with van der Waals surface area (Å²) in [7, 11) is 1.69. The van der Waals surface area contributed by atoms with E-state index in [1.165, 1.54) is 16.7 Å². The Morgan fingerprint density at radius 2 is 2.05 bits per heavy atom. The van der Waals surface area contributed by atoms with E-state index in [2.05, 4.69) is 35.2 Å². The van der Waals surface area contributed by atoms with Gasteiger partial charge in [-0.15, -0.1) is 0 Å². The van der Waals surface area contributed by atoms with Gasteiger partial charge in [-0.1, -0.05) is 30.3 Å². The van der Waals surface area contributed by atoms with Gasteiger partial charge < -0.3 is 18.9 Å². The minimum Gasteiger partial charge on any atom is -0.493 e. The van der Waals surface area contributed by atoms with Crippen LogP contribution in [-0.2, 0) is 27.8 Å². The van der Waals surface area contributed by atoms with Crippen LogP contribution >= 0.6 is 0 Å². The lowest BCUT2D eigenvalue weighted by atomic mass is 9.51. The van der Waals surface area contributed by atoms with Crippen LogP contribution in [0.2, 0.25) is 0 Å². The highest BCUT2D eigenvalue weighted by atomic mass is 16.5. The van der Waals surface area contributed by atoms with Crippen molar-refractivity contribution in [2.45, 2.75) is 75.0 Å².